The Labute approximate surface area is 97.4 Å². The monoisotopic (exact) mass is 326 g/mol. The minimum Gasteiger partial charge on any atom is -0.282 e. The lowest BCUT2D eigenvalue weighted by molar-refractivity contribution is 0.483. The molecule has 14 heavy (non-hydrogen) atoms. The van der Waals surface area contributed by atoms with Crippen molar-refractivity contribution in [2.75, 3.05) is 0 Å². The van der Waals surface area contributed by atoms with Crippen LogP contribution in [0.25, 0.3) is 0 Å². The molecule has 0 aliphatic carbocycles. The summed E-state index contributed by atoms with van der Waals surface area (Å²) in [5.41, 5.74) is 1.07. The molecule has 1 rings (SSSR count). The highest BCUT2D eigenvalue weighted by Crippen LogP contribution is 2.27. The van der Waals surface area contributed by atoms with E-state index in [0.717, 1.165) is 12.0 Å². The van der Waals surface area contributed by atoms with Crippen molar-refractivity contribution in [2.45, 2.75) is 22.2 Å². The first-order valence-electron chi connectivity index (χ1n) is 4.16. The lowest BCUT2D eigenvalue weighted by Gasteiger charge is -2.06. The summed E-state index contributed by atoms with van der Waals surface area (Å²) in [5, 5.41) is 0. The molecule has 5 heteroatoms. The van der Waals surface area contributed by atoms with Gasteiger partial charge in [0.25, 0.3) is 10.1 Å². The predicted octanol–water partition coefficient (Wildman–Crippen LogP) is 2.82. The molecule has 0 heterocycles. The second-order valence-electron chi connectivity index (χ2n) is 2.92. The number of hydrogen-bond donors (Lipinski definition) is 1. The van der Waals surface area contributed by atoms with Crippen LogP contribution in [0, 0.1) is 0 Å². The van der Waals surface area contributed by atoms with Crippen LogP contribution in [0.1, 0.15) is 22.8 Å². The van der Waals surface area contributed by atoms with Crippen molar-refractivity contribution in [3.63, 3.8) is 0 Å². The first-order valence-corrected chi connectivity index (χ1v) is 6.85. The van der Waals surface area contributed by atoms with Gasteiger partial charge in [0, 0.05) is 3.92 Å². The number of benzene rings is 1. The summed E-state index contributed by atoms with van der Waals surface area (Å²) in [7, 11) is -4.05. The summed E-state index contributed by atoms with van der Waals surface area (Å²) in [6.07, 6.45) is 0.992. The van der Waals surface area contributed by atoms with Crippen LogP contribution in [0.3, 0.4) is 0 Å². The van der Waals surface area contributed by atoms with Crippen molar-refractivity contribution in [3.05, 3.63) is 29.8 Å². The van der Waals surface area contributed by atoms with Gasteiger partial charge in [-0.3, -0.25) is 4.55 Å². The van der Waals surface area contributed by atoms with E-state index in [2.05, 4.69) is 29.5 Å². The molecular weight excluding hydrogens is 315 g/mol. The third-order valence-electron chi connectivity index (χ3n) is 1.90. The van der Waals surface area contributed by atoms with E-state index >= 15 is 0 Å². The van der Waals surface area contributed by atoms with Crippen molar-refractivity contribution in [1.29, 1.82) is 0 Å². The maximum absolute atomic E-state index is 10.7. The van der Waals surface area contributed by atoms with Gasteiger partial charge < -0.3 is 0 Å². The van der Waals surface area contributed by atoms with Crippen LogP contribution in [0.15, 0.2) is 29.2 Å². The number of halogens is 1. The molecule has 0 bridgehead atoms. The van der Waals surface area contributed by atoms with Crippen LogP contribution < -0.4 is 0 Å². The largest absolute Gasteiger partial charge is 0.294 e. The summed E-state index contributed by atoms with van der Waals surface area (Å²) in [6, 6.07) is 6.30. The van der Waals surface area contributed by atoms with Gasteiger partial charge in [-0.1, -0.05) is 41.6 Å². The molecule has 0 spiro atoms. The standard InChI is InChI=1S/C9H11IO3S/c1-2-9(10)7-3-5-8(6-4-7)14(11,12)13/h3-6,9H,2H2,1H3,(H,11,12,13). The number of rotatable bonds is 3. The van der Waals surface area contributed by atoms with Gasteiger partial charge >= 0.3 is 0 Å². The van der Waals surface area contributed by atoms with Gasteiger partial charge in [-0.25, -0.2) is 0 Å². The van der Waals surface area contributed by atoms with E-state index in [4.69, 9.17) is 4.55 Å². The molecule has 0 saturated heterocycles. The summed E-state index contributed by atoms with van der Waals surface area (Å²) in [6.45, 7) is 2.06. The Morgan fingerprint density at radius 3 is 2.21 bits per heavy atom. The van der Waals surface area contributed by atoms with E-state index in [-0.39, 0.29) is 4.90 Å². The quantitative estimate of drug-likeness (QED) is 0.528. The maximum atomic E-state index is 10.7. The Balaban J connectivity index is 3.01. The molecule has 1 atom stereocenters. The molecule has 1 aromatic carbocycles. The average molecular weight is 326 g/mol. The summed E-state index contributed by atoms with van der Waals surface area (Å²) in [5.74, 6) is 0. The van der Waals surface area contributed by atoms with Gasteiger partial charge in [0.15, 0.2) is 0 Å². The normalized spacial score (nSPS) is 13.9. The molecule has 1 unspecified atom stereocenters. The van der Waals surface area contributed by atoms with Gasteiger partial charge in [0.1, 0.15) is 0 Å². The second kappa shape index (κ2) is 4.59. The first kappa shape index (κ1) is 11.9. The number of alkyl halides is 1. The van der Waals surface area contributed by atoms with Gasteiger partial charge in [-0.05, 0) is 24.1 Å². The molecule has 0 aromatic heterocycles. The van der Waals surface area contributed by atoms with Crippen molar-refractivity contribution < 1.29 is 13.0 Å². The Bertz CT molecular complexity index is 397. The smallest absolute Gasteiger partial charge is 0.282 e. The summed E-state index contributed by atoms with van der Waals surface area (Å²) >= 11 is 2.29. The molecule has 1 aromatic rings. The zero-order valence-electron chi connectivity index (χ0n) is 7.64. The van der Waals surface area contributed by atoms with E-state index in [9.17, 15) is 8.42 Å². The highest BCUT2D eigenvalue weighted by atomic mass is 127. The summed E-state index contributed by atoms with van der Waals surface area (Å²) in [4.78, 5) is -0.0547. The van der Waals surface area contributed by atoms with Crippen molar-refractivity contribution in [2.24, 2.45) is 0 Å². The lowest BCUT2D eigenvalue weighted by atomic mass is 10.1. The molecule has 0 aliphatic rings. The molecule has 0 saturated carbocycles. The molecule has 0 fully saturated rings. The molecule has 1 N–H and O–H groups in total. The van der Waals surface area contributed by atoms with E-state index in [0.29, 0.717) is 3.92 Å². The van der Waals surface area contributed by atoms with E-state index in [1.807, 2.05) is 0 Å². The van der Waals surface area contributed by atoms with Gasteiger partial charge in [-0.15, -0.1) is 0 Å². The Morgan fingerprint density at radius 2 is 1.86 bits per heavy atom. The highest BCUT2D eigenvalue weighted by molar-refractivity contribution is 14.1. The Morgan fingerprint density at radius 1 is 1.36 bits per heavy atom. The highest BCUT2D eigenvalue weighted by Gasteiger charge is 2.10. The van der Waals surface area contributed by atoms with Crippen LogP contribution in [0.2, 0.25) is 0 Å². The predicted molar refractivity (Wildman–Crippen MR) is 63.3 cm³/mol. The van der Waals surface area contributed by atoms with Crippen molar-refractivity contribution in [3.8, 4) is 0 Å². The fourth-order valence-corrected chi connectivity index (χ4v) is 1.98. The lowest BCUT2D eigenvalue weighted by Crippen LogP contribution is -1.98. The molecule has 3 nitrogen and oxygen atoms in total. The Kier molecular flexibility index (Phi) is 3.91. The molecule has 0 aliphatic heterocycles. The molecule has 0 amide bonds. The molecular formula is C9H11IO3S. The maximum Gasteiger partial charge on any atom is 0.294 e. The van der Waals surface area contributed by atoms with E-state index in [1.165, 1.54) is 12.1 Å². The Hall–Kier alpha value is -0.140. The van der Waals surface area contributed by atoms with Crippen LogP contribution in [-0.2, 0) is 10.1 Å². The third-order valence-corrected chi connectivity index (χ3v) is 4.37. The third kappa shape index (κ3) is 2.93. The zero-order valence-corrected chi connectivity index (χ0v) is 10.6. The van der Waals surface area contributed by atoms with Crippen LogP contribution in [-0.4, -0.2) is 13.0 Å². The van der Waals surface area contributed by atoms with Crippen LogP contribution in [0.5, 0.6) is 0 Å². The van der Waals surface area contributed by atoms with Crippen molar-refractivity contribution in [1.82, 2.24) is 0 Å². The fraction of sp³-hybridized carbons (Fsp3) is 0.333. The molecule has 78 valence electrons. The zero-order chi connectivity index (χ0) is 10.8. The van der Waals surface area contributed by atoms with Gasteiger partial charge in [0.05, 0.1) is 4.90 Å². The van der Waals surface area contributed by atoms with Gasteiger partial charge in [-0.2, -0.15) is 8.42 Å². The second-order valence-corrected chi connectivity index (χ2v) is 5.85. The SMILES string of the molecule is CCC(I)c1ccc(S(=O)(=O)O)cc1. The topological polar surface area (TPSA) is 54.4 Å². The van der Waals surface area contributed by atoms with Gasteiger partial charge in [0.2, 0.25) is 0 Å². The molecule has 0 radical (unpaired) electrons. The number of hydrogen-bond acceptors (Lipinski definition) is 2. The minimum atomic E-state index is -4.05. The average Bonchev–Trinajstić information content (AvgIpc) is 2.15. The minimum absolute atomic E-state index is 0.0547. The van der Waals surface area contributed by atoms with Crippen LogP contribution >= 0.6 is 22.6 Å². The van der Waals surface area contributed by atoms with Crippen molar-refractivity contribution >= 4 is 32.7 Å². The first-order chi connectivity index (χ1) is 6.45. The fourth-order valence-electron chi connectivity index (χ4n) is 1.08. The van der Waals surface area contributed by atoms with E-state index < -0.39 is 10.1 Å². The summed E-state index contributed by atoms with van der Waals surface area (Å²) < 4.78 is 30.6. The van der Waals surface area contributed by atoms with Crippen LogP contribution in [0.4, 0.5) is 0 Å². The van der Waals surface area contributed by atoms with E-state index in [1.54, 1.807) is 12.1 Å².